The summed E-state index contributed by atoms with van der Waals surface area (Å²) in [5.74, 6) is 2.43. The van der Waals surface area contributed by atoms with Gasteiger partial charge in [0, 0.05) is 12.2 Å². The maximum absolute atomic E-state index is 12.2. The number of amides is 1. The number of furan rings is 1. The molecule has 2 aromatic heterocycles. The van der Waals surface area contributed by atoms with Crippen LogP contribution in [0.25, 0.3) is 11.4 Å². The Balaban J connectivity index is 1.65. The van der Waals surface area contributed by atoms with Gasteiger partial charge in [-0.3, -0.25) is 4.79 Å². The standard InChI is InChI=1S/C18H20N4O3S/c1-4-22-17(15-9-10-25-12(15)2)20-21-18(22)26-11-16(23)19-13-5-7-14(24-3)8-6-13/h5-10H,4,11H2,1-3H3,(H,19,23). The minimum absolute atomic E-state index is 0.105. The van der Waals surface area contributed by atoms with E-state index >= 15 is 0 Å². The topological polar surface area (TPSA) is 82.2 Å². The molecule has 0 saturated carbocycles. The second-order valence-electron chi connectivity index (χ2n) is 5.51. The van der Waals surface area contributed by atoms with Crippen molar-refractivity contribution in [3.8, 4) is 17.1 Å². The van der Waals surface area contributed by atoms with Crippen LogP contribution in [0, 0.1) is 6.92 Å². The van der Waals surface area contributed by atoms with Gasteiger partial charge in [-0.05, 0) is 44.2 Å². The van der Waals surface area contributed by atoms with Crippen LogP contribution in [0.15, 0.2) is 46.2 Å². The zero-order valence-electron chi connectivity index (χ0n) is 14.9. The van der Waals surface area contributed by atoms with E-state index in [4.69, 9.17) is 9.15 Å². The smallest absolute Gasteiger partial charge is 0.234 e. The van der Waals surface area contributed by atoms with Crippen molar-refractivity contribution >= 4 is 23.4 Å². The zero-order chi connectivity index (χ0) is 18.5. The Morgan fingerprint density at radius 3 is 2.65 bits per heavy atom. The van der Waals surface area contributed by atoms with E-state index in [2.05, 4.69) is 15.5 Å². The Morgan fingerprint density at radius 2 is 2.04 bits per heavy atom. The number of rotatable bonds is 7. The summed E-state index contributed by atoms with van der Waals surface area (Å²) in [5, 5.41) is 12.0. The number of methoxy groups -OCH3 is 1. The van der Waals surface area contributed by atoms with Crippen LogP contribution >= 0.6 is 11.8 Å². The van der Waals surface area contributed by atoms with E-state index in [9.17, 15) is 4.79 Å². The number of ether oxygens (including phenoxy) is 1. The lowest BCUT2D eigenvalue weighted by atomic mass is 10.2. The van der Waals surface area contributed by atoms with E-state index in [1.807, 2.05) is 24.5 Å². The molecule has 7 nitrogen and oxygen atoms in total. The number of aryl methyl sites for hydroxylation is 1. The summed E-state index contributed by atoms with van der Waals surface area (Å²) in [6, 6.07) is 9.08. The highest BCUT2D eigenvalue weighted by Gasteiger charge is 2.17. The number of benzene rings is 1. The van der Waals surface area contributed by atoms with E-state index in [-0.39, 0.29) is 11.7 Å². The maximum atomic E-state index is 12.2. The van der Waals surface area contributed by atoms with Crippen molar-refractivity contribution in [2.24, 2.45) is 0 Å². The molecule has 1 aromatic carbocycles. The molecule has 0 aliphatic heterocycles. The summed E-state index contributed by atoms with van der Waals surface area (Å²) in [4.78, 5) is 12.2. The number of thioether (sulfide) groups is 1. The molecule has 3 rings (SSSR count). The third-order valence-electron chi connectivity index (χ3n) is 3.84. The summed E-state index contributed by atoms with van der Waals surface area (Å²) >= 11 is 1.35. The monoisotopic (exact) mass is 372 g/mol. The molecular formula is C18H20N4O3S. The largest absolute Gasteiger partial charge is 0.497 e. The van der Waals surface area contributed by atoms with E-state index < -0.39 is 0 Å². The molecule has 3 aromatic rings. The van der Waals surface area contributed by atoms with Crippen LogP contribution in [0.4, 0.5) is 5.69 Å². The lowest BCUT2D eigenvalue weighted by molar-refractivity contribution is -0.113. The second-order valence-corrected chi connectivity index (χ2v) is 6.45. The molecule has 0 unspecified atom stereocenters. The molecule has 0 aliphatic carbocycles. The van der Waals surface area contributed by atoms with Gasteiger partial charge in [0.2, 0.25) is 5.91 Å². The molecule has 1 amide bonds. The highest BCUT2D eigenvalue weighted by Crippen LogP contribution is 2.27. The van der Waals surface area contributed by atoms with E-state index in [1.54, 1.807) is 37.6 Å². The van der Waals surface area contributed by atoms with Crippen LogP contribution in [0.1, 0.15) is 12.7 Å². The Bertz CT molecular complexity index is 886. The molecule has 136 valence electrons. The fourth-order valence-electron chi connectivity index (χ4n) is 2.50. The first kappa shape index (κ1) is 18.1. The SMILES string of the molecule is CCn1c(SCC(=O)Nc2ccc(OC)cc2)nnc1-c1ccoc1C. The summed E-state index contributed by atoms with van der Waals surface area (Å²) in [6.07, 6.45) is 1.63. The average Bonchev–Trinajstić information content (AvgIpc) is 3.25. The Labute approximate surface area is 155 Å². The van der Waals surface area contributed by atoms with Gasteiger partial charge in [-0.1, -0.05) is 11.8 Å². The van der Waals surface area contributed by atoms with Crippen LogP contribution < -0.4 is 10.1 Å². The minimum atomic E-state index is -0.105. The van der Waals surface area contributed by atoms with E-state index in [0.29, 0.717) is 11.7 Å². The third kappa shape index (κ3) is 3.91. The molecular weight excluding hydrogens is 352 g/mol. The summed E-state index contributed by atoms with van der Waals surface area (Å²) in [5.41, 5.74) is 1.64. The Kier molecular flexibility index (Phi) is 5.62. The molecule has 1 N–H and O–H groups in total. The van der Waals surface area contributed by atoms with Gasteiger partial charge in [-0.25, -0.2) is 0 Å². The fourth-order valence-corrected chi connectivity index (χ4v) is 3.30. The summed E-state index contributed by atoms with van der Waals surface area (Å²) in [6.45, 7) is 4.61. The first-order valence-electron chi connectivity index (χ1n) is 8.16. The Morgan fingerprint density at radius 1 is 1.27 bits per heavy atom. The maximum Gasteiger partial charge on any atom is 0.234 e. The molecule has 26 heavy (non-hydrogen) atoms. The van der Waals surface area contributed by atoms with Crippen molar-refractivity contribution < 1.29 is 13.9 Å². The molecule has 0 fully saturated rings. The van der Waals surface area contributed by atoms with E-state index in [0.717, 1.165) is 28.6 Å². The van der Waals surface area contributed by atoms with Crippen LogP contribution in [-0.4, -0.2) is 33.5 Å². The van der Waals surface area contributed by atoms with Gasteiger partial charge in [0.1, 0.15) is 11.5 Å². The van der Waals surface area contributed by atoms with Gasteiger partial charge in [0.05, 0.1) is 24.7 Å². The number of anilines is 1. The van der Waals surface area contributed by atoms with Gasteiger partial charge in [-0.15, -0.1) is 10.2 Å². The van der Waals surface area contributed by atoms with Crippen molar-refractivity contribution in [3.05, 3.63) is 42.4 Å². The number of hydrogen-bond acceptors (Lipinski definition) is 6. The van der Waals surface area contributed by atoms with Gasteiger partial charge < -0.3 is 19.0 Å². The highest BCUT2D eigenvalue weighted by atomic mass is 32.2. The van der Waals surface area contributed by atoms with Crippen molar-refractivity contribution in [2.75, 3.05) is 18.2 Å². The molecule has 0 aliphatic rings. The normalized spacial score (nSPS) is 10.7. The number of carbonyl (C=O) groups excluding carboxylic acids is 1. The Hall–Kier alpha value is -2.74. The van der Waals surface area contributed by atoms with Gasteiger partial charge >= 0.3 is 0 Å². The van der Waals surface area contributed by atoms with Crippen molar-refractivity contribution in [2.45, 2.75) is 25.5 Å². The quantitative estimate of drug-likeness (QED) is 0.638. The fraction of sp³-hybridized carbons (Fsp3) is 0.278. The van der Waals surface area contributed by atoms with Crippen LogP contribution in [0.3, 0.4) is 0 Å². The van der Waals surface area contributed by atoms with Crippen LogP contribution in [0.2, 0.25) is 0 Å². The highest BCUT2D eigenvalue weighted by molar-refractivity contribution is 7.99. The third-order valence-corrected chi connectivity index (χ3v) is 4.81. The predicted octanol–water partition coefficient (Wildman–Crippen LogP) is 3.61. The average molecular weight is 372 g/mol. The lowest BCUT2D eigenvalue weighted by Gasteiger charge is -2.08. The number of carbonyl (C=O) groups is 1. The van der Waals surface area contributed by atoms with Crippen molar-refractivity contribution in [3.63, 3.8) is 0 Å². The molecule has 8 heteroatoms. The zero-order valence-corrected chi connectivity index (χ0v) is 15.7. The predicted molar refractivity (Wildman–Crippen MR) is 100 cm³/mol. The molecule has 0 spiro atoms. The summed E-state index contributed by atoms with van der Waals surface area (Å²) in [7, 11) is 1.60. The molecule has 0 bridgehead atoms. The summed E-state index contributed by atoms with van der Waals surface area (Å²) < 4.78 is 12.4. The molecule has 0 radical (unpaired) electrons. The second kappa shape index (κ2) is 8.09. The number of nitrogens with zero attached hydrogens (tertiary/aromatic N) is 3. The molecule has 0 saturated heterocycles. The van der Waals surface area contributed by atoms with Crippen molar-refractivity contribution in [1.29, 1.82) is 0 Å². The van der Waals surface area contributed by atoms with Gasteiger partial charge in [0.15, 0.2) is 11.0 Å². The first-order valence-corrected chi connectivity index (χ1v) is 9.15. The van der Waals surface area contributed by atoms with Gasteiger partial charge in [-0.2, -0.15) is 0 Å². The van der Waals surface area contributed by atoms with Gasteiger partial charge in [0.25, 0.3) is 0 Å². The van der Waals surface area contributed by atoms with Crippen LogP contribution in [-0.2, 0) is 11.3 Å². The van der Waals surface area contributed by atoms with Crippen molar-refractivity contribution in [1.82, 2.24) is 14.8 Å². The first-order chi connectivity index (χ1) is 12.6. The number of hydrogen-bond donors (Lipinski definition) is 1. The number of aromatic nitrogens is 3. The minimum Gasteiger partial charge on any atom is -0.497 e. The number of nitrogens with one attached hydrogen (secondary N) is 1. The van der Waals surface area contributed by atoms with E-state index in [1.165, 1.54) is 11.8 Å². The molecule has 2 heterocycles. The lowest BCUT2D eigenvalue weighted by Crippen LogP contribution is -2.14. The molecule has 0 atom stereocenters. The van der Waals surface area contributed by atoms with Crippen LogP contribution in [0.5, 0.6) is 5.75 Å².